The molecule has 0 atom stereocenters. The van der Waals surface area contributed by atoms with Gasteiger partial charge in [0.1, 0.15) is 0 Å². The lowest BCUT2D eigenvalue weighted by atomic mass is 10.2. The third kappa shape index (κ3) is 7.11. The summed E-state index contributed by atoms with van der Waals surface area (Å²) < 4.78 is 0. The highest BCUT2D eigenvalue weighted by atomic mass is 35.5. The normalized spacial score (nSPS) is 9.50. The SMILES string of the molecule is CCCNCCNC(=O)c1cccc(NC(C)=O)c1.Cl. The summed E-state index contributed by atoms with van der Waals surface area (Å²) >= 11 is 0. The summed E-state index contributed by atoms with van der Waals surface area (Å²) in [4.78, 5) is 22.8. The van der Waals surface area contributed by atoms with Gasteiger partial charge in [0.2, 0.25) is 5.91 Å². The first kappa shape index (κ1) is 18.4. The predicted octanol–water partition coefficient (Wildman–Crippen LogP) is 1.80. The number of carbonyl (C=O) groups is 2. The van der Waals surface area contributed by atoms with Gasteiger partial charge in [-0.05, 0) is 31.2 Å². The molecule has 1 aromatic rings. The van der Waals surface area contributed by atoms with Gasteiger partial charge < -0.3 is 16.0 Å². The van der Waals surface area contributed by atoms with Crippen LogP contribution in [-0.2, 0) is 4.79 Å². The van der Waals surface area contributed by atoms with Crippen molar-refractivity contribution in [1.82, 2.24) is 10.6 Å². The molecule has 0 radical (unpaired) electrons. The molecule has 0 saturated carbocycles. The first-order valence-electron chi connectivity index (χ1n) is 6.50. The number of halogens is 1. The molecule has 2 amide bonds. The molecular formula is C14H22ClN3O2. The Hall–Kier alpha value is -1.59. The van der Waals surface area contributed by atoms with E-state index >= 15 is 0 Å². The van der Waals surface area contributed by atoms with Gasteiger partial charge >= 0.3 is 0 Å². The predicted molar refractivity (Wildman–Crippen MR) is 83.5 cm³/mol. The summed E-state index contributed by atoms with van der Waals surface area (Å²) in [6.07, 6.45) is 1.08. The van der Waals surface area contributed by atoms with Crippen LogP contribution < -0.4 is 16.0 Å². The number of benzene rings is 1. The lowest BCUT2D eigenvalue weighted by Gasteiger charge is -2.08. The fraction of sp³-hybridized carbons (Fsp3) is 0.429. The van der Waals surface area contributed by atoms with Crippen molar-refractivity contribution in [3.8, 4) is 0 Å². The first-order chi connectivity index (χ1) is 9.13. The quantitative estimate of drug-likeness (QED) is 0.672. The van der Waals surface area contributed by atoms with Gasteiger partial charge in [0.15, 0.2) is 0 Å². The lowest BCUT2D eigenvalue weighted by molar-refractivity contribution is -0.114. The number of anilines is 1. The Bertz CT molecular complexity index is 438. The number of nitrogens with one attached hydrogen (secondary N) is 3. The summed E-state index contributed by atoms with van der Waals surface area (Å²) in [6.45, 7) is 5.83. The van der Waals surface area contributed by atoms with Gasteiger partial charge in [0.05, 0.1) is 0 Å². The molecule has 0 aliphatic heterocycles. The third-order valence-electron chi connectivity index (χ3n) is 2.46. The molecule has 3 N–H and O–H groups in total. The molecule has 20 heavy (non-hydrogen) atoms. The van der Waals surface area contributed by atoms with Gasteiger partial charge in [0.25, 0.3) is 5.91 Å². The van der Waals surface area contributed by atoms with Crippen LogP contribution in [0.3, 0.4) is 0 Å². The van der Waals surface area contributed by atoms with E-state index in [1.54, 1.807) is 24.3 Å². The highest BCUT2D eigenvalue weighted by Gasteiger charge is 2.05. The van der Waals surface area contributed by atoms with Crippen LogP contribution in [0.1, 0.15) is 30.6 Å². The van der Waals surface area contributed by atoms with Crippen molar-refractivity contribution < 1.29 is 9.59 Å². The molecule has 5 nitrogen and oxygen atoms in total. The van der Waals surface area contributed by atoms with E-state index in [0.29, 0.717) is 17.8 Å². The van der Waals surface area contributed by atoms with Crippen LogP contribution in [0.5, 0.6) is 0 Å². The Morgan fingerprint density at radius 1 is 1.15 bits per heavy atom. The molecule has 1 aromatic carbocycles. The van der Waals surface area contributed by atoms with Crippen molar-refractivity contribution in [2.45, 2.75) is 20.3 Å². The van der Waals surface area contributed by atoms with Gasteiger partial charge in [-0.15, -0.1) is 12.4 Å². The Balaban J connectivity index is 0.00000361. The van der Waals surface area contributed by atoms with E-state index < -0.39 is 0 Å². The topological polar surface area (TPSA) is 70.2 Å². The maximum Gasteiger partial charge on any atom is 0.251 e. The fourth-order valence-corrected chi connectivity index (χ4v) is 1.61. The maximum atomic E-state index is 11.9. The van der Waals surface area contributed by atoms with Crippen LogP contribution in [-0.4, -0.2) is 31.4 Å². The Morgan fingerprint density at radius 3 is 2.55 bits per heavy atom. The van der Waals surface area contributed by atoms with E-state index in [4.69, 9.17) is 0 Å². The number of rotatable bonds is 7. The number of carbonyl (C=O) groups excluding carboxylic acids is 2. The second-order valence-electron chi connectivity index (χ2n) is 4.27. The van der Waals surface area contributed by atoms with Gasteiger partial charge in [-0.2, -0.15) is 0 Å². The minimum absolute atomic E-state index is 0. The van der Waals surface area contributed by atoms with E-state index in [0.717, 1.165) is 19.5 Å². The van der Waals surface area contributed by atoms with E-state index in [1.807, 2.05) is 0 Å². The summed E-state index contributed by atoms with van der Waals surface area (Å²) in [7, 11) is 0. The monoisotopic (exact) mass is 299 g/mol. The largest absolute Gasteiger partial charge is 0.351 e. The molecule has 0 fully saturated rings. The molecule has 0 aliphatic carbocycles. The number of amides is 2. The van der Waals surface area contributed by atoms with E-state index in [9.17, 15) is 9.59 Å². The summed E-state index contributed by atoms with van der Waals surface area (Å²) in [5, 5.41) is 8.68. The van der Waals surface area contributed by atoms with Crippen LogP contribution in [0.2, 0.25) is 0 Å². The minimum Gasteiger partial charge on any atom is -0.351 e. The van der Waals surface area contributed by atoms with Crippen molar-refractivity contribution in [2.75, 3.05) is 25.0 Å². The molecule has 0 bridgehead atoms. The van der Waals surface area contributed by atoms with E-state index in [2.05, 4.69) is 22.9 Å². The molecule has 0 spiro atoms. The molecule has 112 valence electrons. The molecule has 0 aliphatic rings. The van der Waals surface area contributed by atoms with Crippen molar-refractivity contribution in [3.05, 3.63) is 29.8 Å². The summed E-state index contributed by atoms with van der Waals surface area (Å²) in [5.74, 6) is -0.285. The fourth-order valence-electron chi connectivity index (χ4n) is 1.61. The van der Waals surface area contributed by atoms with Crippen molar-refractivity contribution in [1.29, 1.82) is 0 Å². The molecule has 0 heterocycles. The van der Waals surface area contributed by atoms with Crippen LogP contribution in [0.4, 0.5) is 5.69 Å². The number of hydrogen-bond acceptors (Lipinski definition) is 3. The highest BCUT2D eigenvalue weighted by molar-refractivity contribution is 5.96. The van der Waals surface area contributed by atoms with E-state index in [-0.39, 0.29) is 24.2 Å². The Labute approximate surface area is 125 Å². The van der Waals surface area contributed by atoms with Crippen molar-refractivity contribution >= 4 is 29.9 Å². The zero-order chi connectivity index (χ0) is 14.1. The van der Waals surface area contributed by atoms with Crippen molar-refractivity contribution in [2.24, 2.45) is 0 Å². The third-order valence-corrected chi connectivity index (χ3v) is 2.46. The average molecular weight is 300 g/mol. The molecule has 6 heteroatoms. The van der Waals surface area contributed by atoms with Gasteiger partial charge in [-0.25, -0.2) is 0 Å². The van der Waals surface area contributed by atoms with Crippen LogP contribution in [0, 0.1) is 0 Å². The summed E-state index contributed by atoms with van der Waals surface area (Å²) in [6, 6.07) is 6.88. The van der Waals surface area contributed by atoms with Crippen LogP contribution >= 0.6 is 12.4 Å². The van der Waals surface area contributed by atoms with Gasteiger partial charge in [-0.3, -0.25) is 9.59 Å². The second-order valence-corrected chi connectivity index (χ2v) is 4.27. The van der Waals surface area contributed by atoms with Crippen LogP contribution in [0.15, 0.2) is 24.3 Å². The van der Waals surface area contributed by atoms with Crippen molar-refractivity contribution in [3.63, 3.8) is 0 Å². The summed E-state index contributed by atoms with van der Waals surface area (Å²) in [5.41, 5.74) is 1.17. The molecule has 1 rings (SSSR count). The standard InChI is InChI=1S/C14H21N3O2.ClH/c1-3-7-15-8-9-16-14(19)12-5-4-6-13(10-12)17-11(2)18;/h4-6,10,15H,3,7-9H2,1-2H3,(H,16,19)(H,17,18);1H. The lowest BCUT2D eigenvalue weighted by Crippen LogP contribution is -2.32. The van der Waals surface area contributed by atoms with E-state index in [1.165, 1.54) is 6.92 Å². The smallest absolute Gasteiger partial charge is 0.251 e. The zero-order valence-corrected chi connectivity index (χ0v) is 12.7. The Morgan fingerprint density at radius 2 is 1.90 bits per heavy atom. The first-order valence-corrected chi connectivity index (χ1v) is 6.50. The zero-order valence-electron chi connectivity index (χ0n) is 11.9. The Kier molecular flexibility index (Phi) is 9.41. The average Bonchev–Trinajstić information content (AvgIpc) is 2.38. The van der Waals surface area contributed by atoms with Gasteiger partial charge in [0, 0.05) is 31.3 Å². The molecular weight excluding hydrogens is 278 g/mol. The minimum atomic E-state index is -0.152. The maximum absolute atomic E-state index is 11.9. The molecule has 0 saturated heterocycles. The van der Waals surface area contributed by atoms with Gasteiger partial charge in [-0.1, -0.05) is 13.0 Å². The molecule has 0 aromatic heterocycles. The van der Waals surface area contributed by atoms with Crippen LogP contribution in [0.25, 0.3) is 0 Å². The second kappa shape index (κ2) is 10.2. The highest BCUT2D eigenvalue weighted by Crippen LogP contribution is 2.10. The molecule has 0 unspecified atom stereocenters. The number of hydrogen-bond donors (Lipinski definition) is 3.